The van der Waals surface area contributed by atoms with Crippen molar-refractivity contribution in [3.05, 3.63) is 39.6 Å². The lowest BCUT2D eigenvalue weighted by molar-refractivity contribution is 0.800. The fourth-order valence-electron chi connectivity index (χ4n) is 1.19. The summed E-state index contributed by atoms with van der Waals surface area (Å²) in [6.07, 6.45) is 3.84. The van der Waals surface area contributed by atoms with E-state index in [-0.39, 0.29) is 0 Å². The van der Waals surface area contributed by atoms with E-state index in [4.69, 9.17) is 11.6 Å². The van der Waals surface area contributed by atoms with E-state index >= 15 is 0 Å². The highest BCUT2D eigenvalue weighted by Crippen LogP contribution is 2.23. The smallest absolute Gasteiger partial charge is 0.0978 e. The molecule has 0 aliphatic carbocycles. The van der Waals surface area contributed by atoms with Crippen LogP contribution in [0.5, 0.6) is 0 Å². The molecule has 0 saturated heterocycles. The Balaban J connectivity index is 2.15. The zero-order chi connectivity index (χ0) is 9.97. The van der Waals surface area contributed by atoms with Crippen molar-refractivity contribution >= 4 is 38.9 Å². The van der Waals surface area contributed by atoms with Gasteiger partial charge in [-0.25, -0.2) is 4.98 Å². The summed E-state index contributed by atoms with van der Waals surface area (Å²) in [4.78, 5) is 4.22. The van der Waals surface area contributed by atoms with Crippen molar-refractivity contribution in [3.8, 4) is 0 Å². The van der Waals surface area contributed by atoms with E-state index in [2.05, 4.69) is 20.9 Å². The van der Waals surface area contributed by atoms with Gasteiger partial charge in [-0.2, -0.15) is 0 Å². The second kappa shape index (κ2) is 4.47. The molecule has 2 aromatic heterocycles. The lowest BCUT2D eigenvalue weighted by atomic mass is 10.3. The molecule has 0 aromatic carbocycles. The molecule has 2 heterocycles. The average molecular weight is 292 g/mol. The Labute approximate surface area is 99.7 Å². The van der Waals surface area contributed by atoms with Crippen molar-refractivity contribution in [2.45, 2.75) is 11.9 Å². The van der Waals surface area contributed by atoms with Crippen LogP contribution in [-0.4, -0.2) is 9.55 Å². The molecule has 2 rings (SSSR count). The molecule has 0 radical (unpaired) electrons. The largest absolute Gasteiger partial charge is 0.333 e. The SMILES string of the molecule is Clc1sccc1Cn1cnc(CBr)c1. The number of hydrogen-bond donors (Lipinski definition) is 0. The number of hydrogen-bond acceptors (Lipinski definition) is 2. The van der Waals surface area contributed by atoms with Crippen LogP contribution in [0.4, 0.5) is 0 Å². The number of rotatable bonds is 3. The van der Waals surface area contributed by atoms with Crippen LogP contribution >= 0.6 is 38.9 Å². The minimum atomic E-state index is 0.789. The van der Waals surface area contributed by atoms with E-state index in [9.17, 15) is 0 Å². The summed E-state index contributed by atoms with van der Waals surface area (Å²) >= 11 is 10.9. The minimum absolute atomic E-state index is 0.789. The molecule has 0 bridgehead atoms. The lowest BCUT2D eigenvalue weighted by Crippen LogP contribution is -1.94. The van der Waals surface area contributed by atoms with Gasteiger partial charge >= 0.3 is 0 Å². The number of alkyl halides is 1. The van der Waals surface area contributed by atoms with Gasteiger partial charge in [-0.15, -0.1) is 11.3 Å². The normalized spacial score (nSPS) is 10.7. The van der Waals surface area contributed by atoms with Gasteiger partial charge in [0.15, 0.2) is 0 Å². The fourth-order valence-corrected chi connectivity index (χ4v) is 2.39. The Morgan fingerprint density at radius 2 is 2.43 bits per heavy atom. The molecule has 0 fully saturated rings. The number of thiophene rings is 1. The maximum atomic E-state index is 6.01. The second-order valence-corrected chi connectivity index (χ2v) is 4.97. The summed E-state index contributed by atoms with van der Waals surface area (Å²) in [5.74, 6) is 0. The molecule has 0 atom stereocenters. The molecule has 0 unspecified atom stereocenters. The third-order valence-electron chi connectivity index (χ3n) is 1.87. The van der Waals surface area contributed by atoms with Crippen molar-refractivity contribution in [1.29, 1.82) is 0 Å². The van der Waals surface area contributed by atoms with E-state index in [1.807, 2.05) is 28.5 Å². The zero-order valence-electron chi connectivity index (χ0n) is 7.28. The molecule has 2 nitrogen and oxygen atoms in total. The highest BCUT2D eigenvalue weighted by Gasteiger charge is 2.03. The van der Waals surface area contributed by atoms with Crippen LogP contribution in [0.15, 0.2) is 24.0 Å². The van der Waals surface area contributed by atoms with Gasteiger partial charge < -0.3 is 4.57 Å². The first kappa shape index (κ1) is 10.2. The first-order valence-electron chi connectivity index (χ1n) is 4.08. The third-order valence-corrected chi connectivity index (χ3v) is 3.70. The summed E-state index contributed by atoms with van der Waals surface area (Å²) in [6.45, 7) is 0.794. The molecule has 5 heteroatoms. The van der Waals surface area contributed by atoms with Crippen molar-refractivity contribution < 1.29 is 0 Å². The summed E-state index contributed by atoms with van der Waals surface area (Å²) < 4.78 is 2.89. The number of nitrogens with zero attached hydrogens (tertiary/aromatic N) is 2. The van der Waals surface area contributed by atoms with Crippen LogP contribution in [-0.2, 0) is 11.9 Å². The third kappa shape index (κ3) is 2.19. The fraction of sp³-hybridized carbons (Fsp3) is 0.222. The van der Waals surface area contributed by atoms with Crippen molar-refractivity contribution in [2.24, 2.45) is 0 Å². The molecule has 0 saturated carbocycles. The molecule has 0 aliphatic heterocycles. The van der Waals surface area contributed by atoms with Crippen molar-refractivity contribution in [2.75, 3.05) is 0 Å². The summed E-state index contributed by atoms with van der Waals surface area (Å²) in [5, 5.41) is 2.79. The Morgan fingerprint density at radius 3 is 3.00 bits per heavy atom. The van der Waals surface area contributed by atoms with Gasteiger partial charge in [0.1, 0.15) is 0 Å². The number of halogens is 2. The van der Waals surface area contributed by atoms with Crippen LogP contribution in [0.3, 0.4) is 0 Å². The van der Waals surface area contributed by atoms with Crippen LogP contribution in [0, 0.1) is 0 Å². The van der Waals surface area contributed by atoms with Gasteiger partial charge in [-0.05, 0) is 11.4 Å². The number of aromatic nitrogens is 2. The highest BCUT2D eigenvalue weighted by atomic mass is 79.9. The maximum Gasteiger partial charge on any atom is 0.0978 e. The van der Waals surface area contributed by atoms with Gasteiger partial charge in [0.25, 0.3) is 0 Å². The Bertz CT molecular complexity index is 424. The Hall–Kier alpha value is -0.320. The topological polar surface area (TPSA) is 17.8 Å². The maximum absolute atomic E-state index is 6.01. The molecular formula is C9H8BrClN2S. The second-order valence-electron chi connectivity index (χ2n) is 2.89. The molecule has 0 aliphatic rings. The van der Waals surface area contributed by atoms with Gasteiger partial charge in [0.05, 0.1) is 22.9 Å². The van der Waals surface area contributed by atoms with E-state index < -0.39 is 0 Å². The van der Waals surface area contributed by atoms with Gasteiger partial charge in [-0.1, -0.05) is 27.5 Å². The Morgan fingerprint density at radius 1 is 1.57 bits per heavy atom. The first-order valence-corrected chi connectivity index (χ1v) is 6.46. The van der Waals surface area contributed by atoms with Crippen molar-refractivity contribution in [1.82, 2.24) is 9.55 Å². The quantitative estimate of drug-likeness (QED) is 0.791. The molecule has 74 valence electrons. The van der Waals surface area contributed by atoms with Crippen LogP contribution in [0.2, 0.25) is 4.34 Å². The minimum Gasteiger partial charge on any atom is -0.333 e. The van der Waals surface area contributed by atoms with Gasteiger partial charge in [0, 0.05) is 17.1 Å². The van der Waals surface area contributed by atoms with E-state index in [1.54, 1.807) is 11.3 Å². The monoisotopic (exact) mass is 290 g/mol. The van der Waals surface area contributed by atoms with Gasteiger partial charge in [0.2, 0.25) is 0 Å². The summed E-state index contributed by atoms with van der Waals surface area (Å²) in [5.41, 5.74) is 2.19. The standard InChI is InChI=1S/C9H8BrClN2S/c10-3-8-5-13(6-12-8)4-7-1-2-14-9(7)11/h1-2,5-6H,3-4H2. The molecule has 0 N–H and O–H groups in total. The van der Waals surface area contributed by atoms with Gasteiger partial charge in [-0.3, -0.25) is 0 Å². The summed E-state index contributed by atoms with van der Waals surface area (Å²) in [7, 11) is 0. The first-order chi connectivity index (χ1) is 6.79. The van der Waals surface area contributed by atoms with E-state index in [0.29, 0.717) is 0 Å². The van der Waals surface area contributed by atoms with Crippen molar-refractivity contribution in [3.63, 3.8) is 0 Å². The van der Waals surface area contributed by atoms with E-state index in [1.165, 1.54) is 0 Å². The average Bonchev–Trinajstić information content (AvgIpc) is 2.77. The molecule has 2 aromatic rings. The summed E-state index contributed by atoms with van der Waals surface area (Å²) in [6, 6.07) is 2.04. The molecule has 0 spiro atoms. The molecule has 0 amide bonds. The zero-order valence-corrected chi connectivity index (χ0v) is 10.4. The van der Waals surface area contributed by atoms with Crippen LogP contribution in [0.1, 0.15) is 11.3 Å². The van der Waals surface area contributed by atoms with Crippen LogP contribution < -0.4 is 0 Å². The lowest BCUT2D eigenvalue weighted by Gasteiger charge is -1.99. The Kier molecular flexibility index (Phi) is 3.26. The molecule has 14 heavy (non-hydrogen) atoms. The highest BCUT2D eigenvalue weighted by molar-refractivity contribution is 9.08. The molecular weight excluding hydrogens is 284 g/mol. The predicted octanol–water partition coefficient (Wildman–Crippen LogP) is 3.54. The number of imidazole rings is 1. The van der Waals surface area contributed by atoms with E-state index in [0.717, 1.165) is 27.5 Å². The predicted molar refractivity (Wildman–Crippen MR) is 63.3 cm³/mol. The van der Waals surface area contributed by atoms with Crippen LogP contribution in [0.25, 0.3) is 0 Å².